The fourth-order valence-electron chi connectivity index (χ4n) is 2.33. The van der Waals surface area contributed by atoms with Gasteiger partial charge in [0.05, 0.1) is 13.2 Å². The van der Waals surface area contributed by atoms with Gasteiger partial charge in [0.15, 0.2) is 0 Å². The van der Waals surface area contributed by atoms with E-state index in [0.717, 1.165) is 37.4 Å². The molecule has 1 aromatic rings. The molecular weight excluding hydrogens is 238 g/mol. The first-order chi connectivity index (χ1) is 9.20. The molecule has 4 heteroatoms. The normalized spacial score (nSPS) is 16.6. The molecule has 2 rings (SSSR count). The van der Waals surface area contributed by atoms with Gasteiger partial charge in [0, 0.05) is 43.1 Å². The Bertz CT molecular complexity index is 425. The van der Waals surface area contributed by atoms with Gasteiger partial charge in [-0.1, -0.05) is 6.08 Å². The Labute approximate surface area is 115 Å². The topological polar surface area (TPSA) is 41.7 Å². The smallest absolute Gasteiger partial charge is 0.0742 e. The highest BCUT2D eigenvalue weighted by atomic mass is 16.5. The number of ether oxygens (including phenoxy) is 1. The van der Waals surface area contributed by atoms with Crippen molar-refractivity contribution in [2.24, 2.45) is 0 Å². The zero-order chi connectivity index (χ0) is 13.7. The van der Waals surface area contributed by atoms with Gasteiger partial charge in [-0.25, -0.2) is 0 Å². The number of nitrogens with zero attached hydrogens (tertiary/aromatic N) is 2. The second-order valence-corrected chi connectivity index (χ2v) is 4.98. The van der Waals surface area contributed by atoms with Gasteiger partial charge < -0.3 is 20.3 Å². The molecule has 0 spiro atoms. The van der Waals surface area contributed by atoms with Crippen LogP contribution >= 0.6 is 0 Å². The van der Waals surface area contributed by atoms with Crippen molar-refractivity contribution in [3.05, 3.63) is 36.4 Å². The van der Waals surface area contributed by atoms with Gasteiger partial charge in [-0.05, 0) is 25.2 Å². The lowest BCUT2D eigenvalue weighted by Crippen LogP contribution is -2.44. The minimum Gasteiger partial charge on any atom is -0.399 e. The van der Waals surface area contributed by atoms with Crippen LogP contribution in [-0.2, 0) is 11.3 Å². The summed E-state index contributed by atoms with van der Waals surface area (Å²) >= 11 is 0. The monoisotopic (exact) mass is 261 g/mol. The molecule has 0 aliphatic carbocycles. The molecule has 1 fully saturated rings. The van der Waals surface area contributed by atoms with E-state index < -0.39 is 0 Å². The second-order valence-electron chi connectivity index (χ2n) is 4.98. The van der Waals surface area contributed by atoms with Crippen molar-refractivity contribution in [3.8, 4) is 0 Å². The summed E-state index contributed by atoms with van der Waals surface area (Å²) in [6, 6.07) is 6.08. The maximum absolute atomic E-state index is 5.88. The van der Waals surface area contributed by atoms with Crippen molar-refractivity contribution in [2.45, 2.75) is 6.61 Å². The number of nitrogen functional groups attached to an aromatic ring is 1. The number of piperazine rings is 1. The number of nitrogens with two attached hydrogens (primary N) is 1. The molecule has 2 N–H and O–H groups in total. The lowest BCUT2D eigenvalue weighted by Gasteiger charge is -2.35. The first kappa shape index (κ1) is 13.9. The van der Waals surface area contributed by atoms with Crippen LogP contribution in [0.1, 0.15) is 5.56 Å². The fraction of sp³-hybridized carbons (Fsp3) is 0.467. The fourth-order valence-corrected chi connectivity index (χ4v) is 2.33. The molecule has 0 amide bonds. The van der Waals surface area contributed by atoms with Crippen LogP contribution in [0.25, 0.3) is 0 Å². The minimum atomic E-state index is 0.566. The van der Waals surface area contributed by atoms with E-state index in [1.807, 2.05) is 12.1 Å². The van der Waals surface area contributed by atoms with E-state index in [1.54, 1.807) is 6.08 Å². The summed E-state index contributed by atoms with van der Waals surface area (Å²) in [4.78, 5) is 4.76. The number of benzene rings is 1. The Morgan fingerprint density at radius 2 is 2.05 bits per heavy atom. The zero-order valence-corrected chi connectivity index (χ0v) is 11.6. The maximum Gasteiger partial charge on any atom is 0.0742 e. The van der Waals surface area contributed by atoms with Crippen molar-refractivity contribution in [2.75, 3.05) is 50.5 Å². The van der Waals surface area contributed by atoms with E-state index in [4.69, 9.17) is 10.5 Å². The number of hydrogen-bond donors (Lipinski definition) is 1. The van der Waals surface area contributed by atoms with Crippen molar-refractivity contribution >= 4 is 11.4 Å². The van der Waals surface area contributed by atoms with Gasteiger partial charge in [-0.2, -0.15) is 0 Å². The van der Waals surface area contributed by atoms with E-state index >= 15 is 0 Å². The van der Waals surface area contributed by atoms with Crippen molar-refractivity contribution < 1.29 is 4.74 Å². The third kappa shape index (κ3) is 3.72. The first-order valence-corrected chi connectivity index (χ1v) is 6.71. The minimum absolute atomic E-state index is 0.566. The second kappa shape index (κ2) is 6.59. The molecule has 1 saturated heterocycles. The Balaban J connectivity index is 2.11. The van der Waals surface area contributed by atoms with Crippen LogP contribution in [0, 0.1) is 0 Å². The molecule has 4 nitrogen and oxygen atoms in total. The zero-order valence-electron chi connectivity index (χ0n) is 11.6. The largest absolute Gasteiger partial charge is 0.399 e. The number of likely N-dealkylation sites (N-methyl/N-ethyl adjacent to an activating group) is 1. The van der Waals surface area contributed by atoms with E-state index in [1.165, 1.54) is 5.69 Å². The summed E-state index contributed by atoms with van der Waals surface area (Å²) in [5, 5.41) is 0. The highest BCUT2D eigenvalue weighted by Crippen LogP contribution is 2.25. The molecule has 1 aliphatic rings. The highest BCUT2D eigenvalue weighted by Gasteiger charge is 2.17. The molecule has 104 valence electrons. The van der Waals surface area contributed by atoms with Crippen LogP contribution in [0.15, 0.2) is 30.9 Å². The summed E-state index contributed by atoms with van der Waals surface area (Å²) in [5.41, 5.74) is 9.07. The molecule has 0 aromatic heterocycles. The standard InChI is InChI=1S/C15H23N3O/c1-3-10-19-12-13-11-14(16)4-5-15(13)18-8-6-17(2)7-9-18/h3-5,11H,1,6-10,12,16H2,2H3. The predicted octanol–water partition coefficient (Wildman–Crippen LogP) is 1.72. The summed E-state index contributed by atoms with van der Waals surface area (Å²) in [6.07, 6.45) is 1.77. The first-order valence-electron chi connectivity index (χ1n) is 6.71. The number of hydrogen-bond acceptors (Lipinski definition) is 4. The summed E-state index contributed by atoms with van der Waals surface area (Å²) in [7, 11) is 2.16. The van der Waals surface area contributed by atoms with E-state index in [2.05, 4.69) is 29.5 Å². The molecule has 0 unspecified atom stereocenters. The molecule has 0 radical (unpaired) electrons. The third-order valence-corrected chi connectivity index (χ3v) is 3.44. The molecule has 1 aliphatic heterocycles. The molecule has 0 saturated carbocycles. The predicted molar refractivity (Wildman–Crippen MR) is 80.4 cm³/mol. The van der Waals surface area contributed by atoms with Crippen LogP contribution < -0.4 is 10.6 Å². The molecule has 19 heavy (non-hydrogen) atoms. The van der Waals surface area contributed by atoms with E-state index in [0.29, 0.717) is 13.2 Å². The van der Waals surface area contributed by atoms with Gasteiger partial charge in [0.25, 0.3) is 0 Å². The average molecular weight is 261 g/mol. The Kier molecular flexibility index (Phi) is 4.82. The highest BCUT2D eigenvalue weighted by molar-refractivity contribution is 5.59. The molecular formula is C15H23N3O. The van der Waals surface area contributed by atoms with Gasteiger partial charge in [-0.3, -0.25) is 0 Å². The quantitative estimate of drug-likeness (QED) is 0.498. The van der Waals surface area contributed by atoms with Crippen LogP contribution in [0.2, 0.25) is 0 Å². The van der Waals surface area contributed by atoms with Crippen molar-refractivity contribution in [1.82, 2.24) is 4.90 Å². The summed E-state index contributed by atoms with van der Waals surface area (Å²) < 4.78 is 5.57. The van der Waals surface area contributed by atoms with Crippen LogP contribution in [0.3, 0.4) is 0 Å². The van der Waals surface area contributed by atoms with Crippen LogP contribution in [0.4, 0.5) is 11.4 Å². The van der Waals surface area contributed by atoms with Crippen molar-refractivity contribution in [3.63, 3.8) is 0 Å². The summed E-state index contributed by atoms with van der Waals surface area (Å²) in [5.74, 6) is 0. The molecule has 0 atom stereocenters. The van der Waals surface area contributed by atoms with E-state index in [9.17, 15) is 0 Å². The van der Waals surface area contributed by atoms with Crippen LogP contribution in [0.5, 0.6) is 0 Å². The maximum atomic E-state index is 5.88. The lowest BCUT2D eigenvalue weighted by atomic mass is 10.1. The van der Waals surface area contributed by atoms with Crippen molar-refractivity contribution in [1.29, 1.82) is 0 Å². The molecule has 0 bridgehead atoms. The third-order valence-electron chi connectivity index (χ3n) is 3.44. The number of anilines is 2. The average Bonchev–Trinajstić information content (AvgIpc) is 2.41. The Morgan fingerprint density at radius 3 is 2.74 bits per heavy atom. The van der Waals surface area contributed by atoms with Crippen LogP contribution in [-0.4, -0.2) is 44.7 Å². The lowest BCUT2D eigenvalue weighted by molar-refractivity contribution is 0.149. The van der Waals surface area contributed by atoms with Gasteiger partial charge in [-0.15, -0.1) is 6.58 Å². The Hall–Kier alpha value is -1.52. The van der Waals surface area contributed by atoms with Gasteiger partial charge in [0.1, 0.15) is 0 Å². The molecule has 1 aromatic carbocycles. The SMILES string of the molecule is C=CCOCc1cc(N)ccc1N1CCN(C)CC1. The van der Waals surface area contributed by atoms with Gasteiger partial charge >= 0.3 is 0 Å². The summed E-state index contributed by atoms with van der Waals surface area (Å²) in [6.45, 7) is 9.10. The van der Waals surface area contributed by atoms with E-state index in [-0.39, 0.29) is 0 Å². The van der Waals surface area contributed by atoms with Gasteiger partial charge in [0.2, 0.25) is 0 Å². The molecule has 1 heterocycles. The number of rotatable bonds is 5. The Morgan fingerprint density at radius 1 is 1.32 bits per heavy atom.